The molecule has 0 radical (unpaired) electrons. The average Bonchev–Trinajstić information content (AvgIpc) is 2.69. The summed E-state index contributed by atoms with van der Waals surface area (Å²) in [5.74, 6) is 1.41. The number of Topliss-reactive ketones (excluding diaryl/α,β-unsaturated/α-hetero) is 1. The molecule has 4 fully saturated rings. The Kier molecular flexibility index (Phi) is 4.52. The van der Waals surface area contributed by atoms with E-state index < -0.39 is 5.41 Å². The Labute approximate surface area is 175 Å². The van der Waals surface area contributed by atoms with Crippen LogP contribution >= 0.6 is 0 Å². The van der Waals surface area contributed by atoms with Crippen LogP contribution in [0.15, 0.2) is 18.2 Å². The second-order valence-electron chi connectivity index (χ2n) is 9.56. The fourth-order valence-electron chi connectivity index (χ4n) is 6.61. The van der Waals surface area contributed by atoms with Crippen molar-refractivity contribution in [3.63, 3.8) is 0 Å². The Balaban J connectivity index is 1.27. The van der Waals surface area contributed by atoms with Crippen LogP contribution in [0.5, 0.6) is 11.5 Å². The lowest BCUT2D eigenvalue weighted by molar-refractivity contribution is -0.174. The lowest BCUT2D eigenvalue weighted by atomic mass is 9.47. The van der Waals surface area contributed by atoms with Crippen LogP contribution in [0.4, 0.5) is 0 Å². The van der Waals surface area contributed by atoms with Crippen molar-refractivity contribution in [2.75, 3.05) is 19.8 Å². The van der Waals surface area contributed by atoms with Gasteiger partial charge in [-0.2, -0.15) is 0 Å². The molecule has 4 atom stereocenters. The summed E-state index contributed by atoms with van der Waals surface area (Å²) in [5.41, 5.74) is -0.443. The number of hydrogen-bond acceptors (Lipinski definition) is 6. The van der Waals surface area contributed by atoms with E-state index in [1.54, 1.807) is 18.2 Å². The van der Waals surface area contributed by atoms with Crippen molar-refractivity contribution < 1.29 is 28.6 Å². The van der Waals surface area contributed by atoms with Crippen molar-refractivity contribution in [2.45, 2.75) is 51.0 Å². The number of ketones is 1. The van der Waals surface area contributed by atoms with Gasteiger partial charge in [0.05, 0.1) is 5.41 Å². The van der Waals surface area contributed by atoms with Crippen LogP contribution in [0.25, 0.3) is 0 Å². The molecule has 7 heteroatoms. The summed E-state index contributed by atoms with van der Waals surface area (Å²) in [5, 5.41) is 3.15. The summed E-state index contributed by atoms with van der Waals surface area (Å²) in [6, 6.07) is 5.02. The number of fused-ring (bicyclic) bond motifs is 1. The fourth-order valence-corrected chi connectivity index (χ4v) is 6.61. The van der Waals surface area contributed by atoms with Crippen molar-refractivity contribution in [1.82, 2.24) is 5.32 Å². The predicted octanol–water partition coefficient (Wildman–Crippen LogP) is 2.66. The molecular weight excluding hydrogens is 386 g/mol. The topological polar surface area (TPSA) is 90.9 Å². The molecule has 7 nitrogen and oxygen atoms in total. The number of carbonyl (C=O) groups excluding carboxylic acids is 3. The molecule has 1 aromatic rings. The summed E-state index contributed by atoms with van der Waals surface area (Å²) in [7, 11) is 0. The van der Waals surface area contributed by atoms with E-state index in [0.717, 1.165) is 32.1 Å². The molecule has 1 amide bonds. The Morgan fingerprint density at radius 1 is 1.07 bits per heavy atom. The quantitative estimate of drug-likeness (QED) is 0.590. The standard InChI is InChI=1S/C23H27NO6/c1-14(25)24-23-10-15-6-16(11-23)9-22(8-15,13-23)21(27)30-12-18(26)17-2-3-19-20(7-17)29-5-4-28-19/h2-3,7,15-16H,4-6,8-13H2,1H3,(H,24,25)/t15-,16+,22?,23?. The summed E-state index contributed by atoms with van der Waals surface area (Å²) in [4.78, 5) is 37.6. The average molecular weight is 413 g/mol. The maximum absolute atomic E-state index is 13.2. The third kappa shape index (κ3) is 3.34. The van der Waals surface area contributed by atoms with E-state index in [1.807, 2.05) is 0 Å². The third-order valence-electron chi connectivity index (χ3n) is 7.13. The van der Waals surface area contributed by atoms with Gasteiger partial charge in [-0.15, -0.1) is 0 Å². The molecule has 4 bridgehead atoms. The Bertz CT molecular complexity index is 895. The van der Waals surface area contributed by atoms with E-state index in [0.29, 0.717) is 48.5 Å². The van der Waals surface area contributed by atoms with Gasteiger partial charge >= 0.3 is 5.97 Å². The van der Waals surface area contributed by atoms with Crippen molar-refractivity contribution >= 4 is 17.7 Å². The van der Waals surface area contributed by atoms with E-state index >= 15 is 0 Å². The van der Waals surface area contributed by atoms with Crippen LogP contribution in [-0.4, -0.2) is 43.0 Å². The summed E-state index contributed by atoms with van der Waals surface area (Å²) in [6.45, 7) is 2.18. The first-order valence-corrected chi connectivity index (χ1v) is 10.8. The third-order valence-corrected chi connectivity index (χ3v) is 7.13. The smallest absolute Gasteiger partial charge is 0.312 e. The number of ether oxygens (including phenoxy) is 3. The molecule has 5 aliphatic rings. The molecule has 0 spiro atoms. The first kappa shape index (κ1) is 19.4. The molecule has 0 aromatic heterocycles. The van der Waals surface area contributed by atoms with Crippen molar-refractivity contribution in [2.24, 2.45) is 17.3 Å². The molecule has 1 aromatic carbocycles. The second kappa shape index (κ2) is 7.00. The monoisotopic (exact) mass is 413 g/mol. The fraction of sp³-hybridized carbons (Fsp3) is 0.609. The molecule has 30 heavy (non-hydrogen) atoms. The minimum Gasteiger partial charge on any atom is -0.486 e. The molecule has 160 valence electrons. The van der Waals surface area contributed by atoms with Gasteiger partial charge in [-0.05, 0) is 68.6 Å². The molecule has 1 aliphatic heterocycles. The molecule has 1 N–H and O–H groups in total. The van der Waals surface area contributed by atoms with Crippen LogP contribution in [0.2, 0.25) is 0 Å². The van der Waals surface area contributed by atoms with E-state index in [4.69, 9.17) is 14.2 Å². The lowest BCUT2D eigenvalue weighted by Crippen LogP contribution is -2.64. The number of nitrogens with one attached hydrogen (secondary N) is 1. The minimum absolute atomic E-state index is 0.0470. The van der Waals surface area contributed by atoms with Gasteiger partial charge in [0.1, 0.15) is 13.2 Å². The molecule has 6 rings (SSSR count). The molecule has 4 aliphatic carbocycles. The number of rotatable bonds is 5. The molecule has 1 heterocycles. The van der Waals surface area contributed by atoms with Crippen LogP contribution < -0.4 is 14.8 Å². The van der Waals surface area contributed by atoms with Gasteiger partial charge in [-0.1, -0.05) is 0 Å². The van der Waals surface area contributed by atoms with E-state index in [9.17, 15) is 14.4 Å². The van der Waals surface area contributed by atoms with Crippen LogP contribution in [0.3, 0.4) is 0 Å². The molecule has 4 saturated carbocycles. The lowest BCUT2D eigenvalue weighted by Gasteiger charge is -2.60. The normalized spacial score (nSPS) is 33.1. The highest BCUT2D eigenvalue weighted by Crippen LogP contribution is 2.62. The van der Waals surface area contributed by atoms with Gasteiger partial charge in [-0.3, -0.25) is 14.4 Å². The van der Waals surface area contributed by atoms with Crippen molar-refractivity contribution in [3.05, 3.63) is 23.8 Å². The highest BCUT2D eigenvalue weighted by molar-refractivity contribution is 5.98. The maximum atomic E-state index is 13.2. The zero-order chi connectivity index (χ0) is 20.9. The highest BCUT2D eigenvalue weighted by Gasteiger charge is 2.61. The summed E-state index contributed by atoms with van der Waals surface area (Å²) >= 11 is 0. The summed E-state index contributed by atoms with van der Waals surface area (Å²) in [6.07, 6.45) is 5.20. The minimum atomic E-state index is -0.584. The molecular formula is C23H27NO6. The van der Waals surface area contributed by atoms with Crippen molar-refractivity contribution in [3.8, 4) is 11.5 Å². The predicted molar refractivity (Wildman–Crippen MR) is 106 cm³/mol. The number of hydrogen-bond donors (Lipinski definition) is 1. The van der Waals surface area contributed by atoms with Gasteiger partial charge in [0.15, 0.2) is 23.9 Å². The van der Waals surface area contributed by atoms with Gasteiger partial charge in [0.2, 0.25) is 5.91 Å². The second-order valence-corrected chi connectivity index (χ2v) is 9.56. The van der Waals surface area contributed by atoms with E-state index in [-0.39, 0.29) is 29.8 Å². The van der Waals surface area contributed by atoms with E-state index in [1.165, 1.54) is 6.92 Å². The number of esters is 1. The van der Waals surface area contributed by atoms with Gasteiger partial charge in [-0.25, -0.2) is 0 Å². The van der Waals surface area contributed by atoms with Crippen LogP contribution in [-0.2, 0) is 14.3 Å². The van der Waals surface area contributed by atoms with Crippen LogP contribution in [0, 0.1) is 17.3 Å². The van der Waals surface area contributed by atoms with Gasteiger partial charge in [0, 0.05) is 18.0 Å². The zero-order valence-corrected chi connectivity index (χ0v) is 17.2. The number of carbonyl (C=O) groups is 3. The SMILES string of the molecule is CC(=O)NC12C[C@H]3C[C@@H](C1)CC(C(=O)OCC(=O)c1ccc4c(c1)OCCO4)(C3)C2. The number of benzene rings is 1. The number of amides is 1. The van der Waals surface area contributed by atoms with Crippen molar-refractivity contribution in [1.29, 1.82) is 0 Å². The Hall–Kier alpha value is -2.57. The van der Waals surface area contributed by atoms with Gasteiger partial charge in [0.25, 0.3) is 0 Å². The highest BCUT2D eigenvalue weighted by atomic mass is 16.6. The van der Waals surface area contributed by atoms with E-state index in [2.05, 4.69) is 5.32 Å². The zero-order valence-electron chi connectivity index (χ0n) is 17.2. The Morgan fingerprint density at radius 2 is 1.77 bits per heavy atom. The van der Waals surface area contributed by atoms with Gasteiger partial charge < -0.3 is 19.5 Å². The molecule has 2 unspecified atom stereocenters. The van der Waals surface area contributed by atoms with Crippen LogP contribution in [0.1, 0.15) is 55.8 Å². The largest absolute Gasteiger partial charge is 0.486 e. The Morgan fingerprint density at radius 3 is 2.47 bits per heavy atom. The first-order chi connectivity index (χ1) is 14.4. The maximum Gasteiger partial charge on any atom is 0.312 e. The summed E-state index contributed by atoms with van der Waals surface area (Å²) < 4.78 is 16.6. The first-order valence-electron chi connectivity index (χ1n) is 10.8. The molecule has 0 saturated heterocycles.